The van der Waals surface area contributed by atoms with E-state index in [2.05, 4.69) is 23.2 Å². The molecule has 8 heteroatoms. The smallest absolute Gasteiger partial charge is 0.234 e. The van der Waals surface area contributed by atoms with E-state index in [-0.39, 0.29) is 5.91 Å². The maximum Gasteiger partial charge on any atom is 0.234 e. The summed E-state index contributed by atoms with van der Waals surface area (Å²) in [5, 5.41) is 5.19. The Balaban J connectivity index is 1.37. The lowest BCUT2D eigenvalue weighted by molar-refractivity contribution is -0.113. The highest BCUT2D eigenvalue weighted by atomic mass is 32.2. The van der Waals surface area contributed by atoms with Crippen LogP contribution < -0.4 is 5.32 Å². The number of hydrogen-bond acceptors (Lipinski definition) is 7. The molecule has 1 aromatic carbocycles. The molecule has 1 N–H and O–H groups in total. The van der Waals surface area contributed by atoms with Crippen molar-refractivity contribution < 1.29 is 9.53 Å². The number of morpholine rings is 1. The Kier molecular flexibility index (Phi) is 7.25. The number of carbonyl (C=O) groups excluding carboxylic acids is 1. The summed E-state index contributed by atoms with van der Waals surface area (Å²) in [7, 11) is 0. The number of nitrogens with one attached hydrogen (secondary N) is 1. The van der Waals surface area contributed by atoms with Crippen molar-refractivity contribution in [3.8, 4) is 0 Å². The number of hydrogen-bond donors (Lipinski definition) is 1. The van der Waals surface area contributed by atoms with Gasteiger partial charge < -0.3 is 10.1 Å². The molecule has 1 fully saturated rings. The number of benzene rings is 1. The van der Waals surface area contributed by atoms with E-state index in [4.69, 9.17) is 14.7 Å². The van der Waals surface area contributed by atoms with Gasteiger partial charge in [-0.05, 0) is 55.4 Å². The van der Waals surface area contributed by atoms with Crippen molar-refractivity contribution in [2.45, 2.75) is 50.6 Å². The molecule has 0 radical (unpaired) electrons. The van der Waals surface area contributed by atoms with Crippen LogP contribution in [0.2, 0.25) is 0 Å². The molecular weight excluding hydrogens is 452 g/mol. The quantitative estimate of drug-likeness (QED) is 0.389. The van der Waals surface area contributed by atoms with Crippen molar-refractivity contribution in [3.05, 3.63) is 46.1 Å². The molecule has 5 rings (SSSR count). The minimum absolute atomic E-state index is 0.00107. The van der Waals surface area contributed by atoms with Crippen molar-refractivity contribution in [2.24, 2.45) is 0 Å². The van der Waals surface area contributed by atoms with Crippen molar-refractivity contribution >= 4 is 44.9 Å². The second-order valence-electron chi connectivity index (χ2n) is 8.62. The van der Waals surface area contributed by atoms with Crippen LogP contribution in [-0.4, -0.2) is 52.8 Å². The van der Waals surface area contributed by atoms with Crippen LogP contribution in [0.3, 0.4) is 0 Å². The molecule has 0 atom stereocenters. The van der Waals surface area contributed by atoms with Crippen LogP contribution in [0.1, 0.15) is 41.6 Å². The van der Waals surface area contributed by atoms with Gasteiger partial charge in [-0.15, -0.1) is 11.3 Å². The Bertz CT molecular complexity index is 1140. The molecule has 0 bridgehead atoms. The van der Waals surface area contributed by atoms with Crippen LogP contribution in [0.15, 0.2) is 29.3 Å². The number of anilines is 1. The largest absolute Gasteiger partial charge is 0.379 e. The molecule has 0 spiro atoms. The molecule has 174 valence electrons. The third kappa shape index (κ3) is 5.40. The summed E-state index contributed by atoms with van der Waals surface area (Å²) in [6.45, 7) is 6.18. The van der Waals surface area contributed by atoms with E-state index in [0.29, 0.717) is 5.75 Å². The van der Waals surface area contributed by atoms with Gasteiger partial charge in [-0.2, -0.15) is 0 Å². The summed E-state index contributed by atoms with van der Waals surface area (Å²) in [5.41, 5.74) is 3.49. The molecular formula is C25H30N4O2S2. The van der Waals surface area contributed by atoms with Gasteiger partial charge in [0, 0.05) is 29.0 Å². The zero-order chi connectivity index (χ0) is 22.6. The van der Waals surface area contributed by atoms with Crippen LogP contribution in [0.4, 0.5) is 5.69 Å². The first-order valence-electron chi connectivity index (χ1n) is 11.8. The number of thiophene rings is 1. The zero-order valence-electron chi connectivity index (χ0n) is 19.1. The average molecular weight is 483 g/mol. The third-order valence-electron chi connectivity index (χ3n) is 6.26. The van der Waals surface area contributed by atoms with Crippen molar-refractivity contribution in [1.29, 1.82) is 0 Å². The molecule has 0 saturated carbocycles. The predicted octanol–water partition coefficient (Wildman–Crippen LogP) is 4.70. The first-order chi connectivity index (χ1) is 16.2. The van der Waals surface area contributed by atoms with Gasteiger partial charge in [0.2, 0.25) is 5.91 Å². The second kappa shape index (κ2) is 10.5. The van der Waals surface area contributed by atoms with Crippen LogP contribution in [-0.2, 0) is 35.3 Å². The van der Waals surface area contributed by atoms with Gasteiger partial charge in [-0.1, -0.05) is 30.8 Å². The molecule has 1 amide bonds. The van der Waals surface area contributed by atoms with Gasteiger partial charge in [-0.25, -0.2) is 9.97 Å². The van der Waals surface area contributed by atoms with E-state index in [0.717, 1.165) is 73.5 Å². The van der Waals surface area contributed by atoms with Gasteiger partial charge in [0.15, 0.2) is 0 Å². The molecule has 6 nitrogen and oxygen atoms in total. The first-order valence-corrected chi connectivity index (χ1v) is 13.6. The number of fused-ring (bicyclic) bond motifs is 3. The van der Waals surface area contributed by atoms with Crippen molar-refractivity contribution in [2.75, 3.05) is 37.4 Å². The Morgan fingerprint density at radius 3 is 2.91 bits per heavy atom. The summed E-state index contributed by atoms with van der Waals surface area (Å²) >= 11 is 3.36. The molecule has 1 aliphatic heterocycles. The lowest BCUT2D eigenvalue weighted by Gasteiger charge is -2.25. The summed E-state index contributed by atoms with van der Waals surface area (Å²) in [6, 6.07) is 8.06. The van der Waals surface area contributed by atoms with E-state index in [9.17, 15) is 4.79 Å². The highest BCUT2D eigenvalue weighted by molar-refractivity contribution is 8.00. The number of nitrogens with zero attached hydrogens (tertiary/aromatic N) is 3. The molecule has 1 aliphatic carbocycles. The average Bonchev–Trinajstić information content (AvgIpc) is 3.22. The van der Waals surface area contributed by atoms with Gasteiger partial charge in [0.1, 0.15) is 15.7 Å². The highest BCUT2D eigenvalue weighted by Gasteiger charge is 2.23. The molecule has 3 aromatic rings. The molecule has 1 saturated heterocycles. The highest BCUT2D eigenvalue weighted by Crippen LogP contribution is 2.39. The predicted molar refractivity (Wildman–Crippen MR) is 135 cm³/mol. The Hall–Kier alpha value is -2.00. The van der Waals surface area contributed by atoms with E-state index < -0.39 is 0 Å². The fraction of sp³-hybridized carbons (Fsp3) is 0.480. The maximum absolute atomic E-state index is 12.8. The fourth-order valence-electron chi connectivity index (χ4n) is 4.50. The van der Waals surface area contributed by atoms with E-state index in [1.54, 1.807) is 11.8 Å². The summed E-state index contributed by atoms with van der Waals surface area (Å²) in [6.07, 6.45) is 5.63. The lowest BCUT2D eigenvalue weighted by Crippen LogP contribution is -2.36. The number of amides is 1. The molecule has 0 unspecified atom stereocenters. The summed E-state index contributed by atoms with van der Waals surface area (Å²) in [4.78, 5) is 27.6. The molecule has 2 aromatic heterocycles. The van der Waals surface area contributed by atoms with E-state index in [1.165, 1.54) is 34.2 Å². The Morgan fingerprint density at radius 1 is 1.21 bits per heavy atom. The third-order valence-corrected chi connectivity index (χ3v) is 8.42. The molecule has 33 heavy (non-hydrogen) atoms. The van der Waals surface area contributed by atoms with Crippen LogP contribution in [0.5, 0.6) is 0 Å². The normalized spacial score (nSPS) is 16.6. The van der Waals surface area contributed by atoms with E-state index in [1.807, 2.05) is 29.5 Å². The first kappa shape index (κ1) is 22.8. The fourth-order valence-corrected chi connectivity index (χ4v) is 6.72. The number of carbonyl (C=O) groups is 1. The maximum atomic E-state index is 12.8. The van der Waals surface area contributed by atoms with Gasteiger partial charge in [-0.3, -0.25) is 9.69 Å². The minimum atomic E-state index is -0.00107. The van der Waals surface area contributed by atoms with Gasteiger partial charge >= 0.3 is 0 Å². The Labute approximate surface area is 203 Å². The standard InChI is InChI=1S/C25H30N4O2S2/c1-2-17-6-5-7-18(14-17)26-22(30)16-32-24-23-19-8-3-4-9-20(19)33-25(23)28-21(27-24)15-29-10-12-31-13-11-29/h5-7,14H,2-4,8-13,15-16H2,1H3,(H,26,30). The minimum Gasteiger partial charge on any atom is -0.379 e. The van der Waals surface area contributed by atoms with Crippen LogP contribution in [0, 0.1) is 0 Å². The number of aromatic nitrogens is 2. The lowest BCUT2D eigenvalue weighted by atomic mass is 9.97. The number of aryl methyl sites for hydroxylation is 3. The van der Waals surface area contributed by atoms with Crippen LogP contribution >= 0.6 is 23.1 Å². The number of ether oxygens (including phenoxy) is 1. The second-order valence-corrected chi connectivity index (χ2v) is 10.7. The van der Waals surface area contributed by atoms with E-state index >= 15 is 0 Å². The van der Waals surface area contributed by atoms with Crippen LogP contribution in [0.25, 0.3) is 10.2 Å². The van der Waals surface area contributed by atoms with Gasteiger partial charge in [0.25, 0.3) is 0 Å². The number of thioether (sulfide) groups is 1. The Morgan fingerprint density at radius 2 is 2.06 bits per heavy atom. The topological polar surface area (TPSA) is 67.4 Å². The molecule has 3 heterocycles. The SMILES string of the molecule is CCc1cccc(NC(=O)CSc2nc(CN3CCOCC3)nc3sc4c(c23)CCCC4)c1. The van der Waals surface area contributed by atoms with Crippen molar-refractivity contribution in [1.82, 2.24) is 14.9 Å². The molecule has 2 aliphatic rings. The zero-order valence-corrected chi connectivity index (χ0v) is 20.7. The summed E-state index contributed by atoms with van der Waals surface area (Å²) < 4.78 is 5.49. The van der Waals surface area contributed by atoms with Gasteiger partial charge in [0.05, 0.1) is 25.5 Å². The van der Waals surface area contributed by atoms with Crippen molar-refractivity contribution in [3.63, 3.8) is 0 Å². The summed E-state index contributed by atoms with van der Waals surface area (Å²) in [5.74, 6) is 1.18. The number of rotatable bonds is 7. The monoisotopic (exact) mass is 482 g/mol.